The molecule has 0 bridgehead atoms. The van der Waals surface area contributed by atoms with Gasteiger partial charge < -0.3 is 40.5 Å². The maximum atomic E-state index is 13.2. The number of primary amides is 1. The maximum Gasteiger partial charge on any atom is 0.404 e. The Kier molecular flexibility index (Phi) is 15.6. The van der Waals surface area contributed by atoms with Gasteiger partial charge in [0.25, 0.3) is 0 Å². The molecule has 1 rings (SSSR count). The van der Waals surface area contributed by atoms with Crippen molar-refractivity contribution in [1.29, 1.82) is 0 Å². The number of aliphatic hydroxyl groups excluding tert-OH is 4. The van der Waals surface area contributed by atoms with E-state index in [0.29, 0.717) is 0 Å². The Morgan fingerprint density at radius 1 is 1.05 bits per heavy atom. The summed E-state index contributed by atoms with van der Waals surface area (Å²) < 4.78 is 10.7. The van der Waals surface area contributed by atoms with Gasteiger partial charge in [0.2, 0.25) is 5.91 Å². The van der Waals surface area contributed by atoms with Crippen LogP contribution in [-0.2, 0) is 19.1 Å². The normalized spacial score (nSPS) is 27.3. The van der Waals surface area contributed by atoms with Crippen LogP contribution in [0.1, 0.15) is 54.9 Å². The number of hydrogen-bond acceptors (Lipinski definition) is 9. The van der Waals surface area contributed by atoms with E-state index in [2.05, 4.69) is 6.58 Å². The number of carbonyl (C=O) groups excluding carboxylic acids is 3. The lowest BCUT2D eigenvalue weighted by molar-refractivity contribution is -0.179. The minimum absolute atomic E-state index is 0.121. The monoisotopic (exact) mass is 610 g/mol. The van der Waals surface area contributed by atoms with Gasteiger partial charge in [0.05, 0.1) is 36.3 Å². The fourth-order valence-corrected chi connectivity index (χ4v) is 5.66. The minimum atomic E-state index is -1.14. The SMILES string of the molecule is C=CC=CC(C)C(OC(N)=O)C(C)C(O)C(C)C(=O)N(C)CC(C)C(O)C(C)C=CC(O)CC1OC(=O)C(C)C(O)C1C. The van der Waals surface area contributed by atoms with E-state index >= 15 is 0 Å². The highest BCUT2D eigenvalue weighted by molar-refractivity contribution is 5.79. The van der Waals surface area contributed by atoms with Crippen molar-refractivity contribution >= 4 is 18.0 Å². The third-order valence-corrected chi connectivity index (χ3v) is 8.73. The van der Waals surface area contributed by atoms with E-state index in [4.69, 9.17) is 15.2 Å². The number of nitrogens with zero attached hydrogens (tertiary/aromatic N) is 1. The molecule has 1 fully saturated rings. The summed E-state index contributed by atoms with van der Waals surface area (Å²) in [7, 11) is 1.60. The Bertz CT molecular complexity index is 986. The number of rotatable bonds is 16. The van der Waals surface area contributed by atoms with Crippen LogP contribution in [0.5, 0.6) is 0 Å². The van der Waals surface area contributed by atoms with Crippen molar-refractivity contribution in [2.75, 3.05) is 13.6 Å². The number of nitrogens with two attached hydrogens (primary N) is 1. The predicted molar refractivity (Wildman–Crippen MR) is 163 cm³/mol. The lowest BCUT2D eigenvalue weighted by atomic mass is 9.83. The van der Waals surface area contributed by atoms with Crippen LogP contribution in [0.25, 0.3) is 0 Å². The first kappa shape index (κ1) is 38.3. The topological polar surface area (TPSA) is 180 Å². The first-order valence-electron chi connectivity index (χ1n) is 15.1. The number of cyclic esters (lactones) is 1. The molecule has 13 atom stereocenters. The summed E-state index contributed by atoms with van der Waals surface area (Å²) in [6.07, 6.45) is 2.24. The Morgan fingerprint density at radius 2 is 1.65 bits per heavy atom. The zero-order chi connectivity index (χ0) is 33.2. The van der Waals surface area contributed by atoms with Crippen LogP contribution in [0, 0.1) is 41.4 Å². The zero-order valence-electron chi connectivity index (χ0n) is 26.9. The van der Waals surface area contributed by atoms with Gasteiger partial charge in [-0.15, -0.1) is 0 Å². The fraction of sp³-hybridized carbons (Fsp3) is 0.719. The number of ether oxygens (including phenoxy) is 2. The van der Waals surface area contributed by atoms with Crippen molar-refractivity contribution in [3.63, 3.8) is 0 Å². The number of carbonyl (C=O) groups is 3. The Labute approximate surface area is 256 Å². The second-order valence-electron chi connectivity index (χ2n) is 12.4. The number of amides is 2. The van der Waals surface area contributed by atoms with Gasteiger partial charge >= 0.3 is 12.1 Å². The first-order chi connectivity index (χ1) is 19.9. The molecule has 0 aromatic carbocycles. The Balaban J connectivity index is 2.76. The van der Waals surface area contributed by atoms with E-state index in [1.165, 1.54) is 11.0 Å². The number of aliphatic hydroxyl groups is 4. The van der Waals surface area contributed by atoms with Crippen molar-refractivity contribution < 1.29 is 44.3 Å². The van der Waals surface area contributed by atoms with E-state index in [1.807, 2.05) is 6.92 Å². The van der Waals surface area contributed by atoms with Crippen LogP contribution in [0.2, 0.25) is 0 Å². The molecule has 1 aliphatic heterocycles. The molecule has 13 unspecified atom stereocenters. The highest BCUT2D eigenvalue weighted by Crippen LogP contribution is 2.30. The summed E-state index contributed by atoms with van der Waals surface area (Å²) in [6, 6.07) is 0. The lowest BCUT2D eigenvalue weighted by Gasteiger charge is -2.36. The third-order valence-electron chi connectivity index (χ3n) is 8.73. The quantitative estimate of drug-likeness (QED) is 0.0996. The Hall–Kier alpha value is -2.73. The molecule has 0 saturated carbocycles. The van der Waals surface area contributed by atoms with Crippen LogP contribution in [0.3, 0.4) is 0 Å². The van der Waals surface area contributed by atoms with Crippen molar-refractivity contribution in [2.45, 2.75) is 91.5 Å². The van der Waals surface area contributed by atoms with E-state index in [0.717, 1.165) is 0 Å². The lowest BCUT2D eigenvalue weighted by Crippen LogP contribution is -2.47. The van der Waals surface area contributed by atoms with Gasteiger partial charge in [-0.05, 0) is 6.92 Å². The van der Waals surface area contributed by atoms with Gasteiger partial charge in [0.1, 0.15) is 12.2 Å². The molecule has 0 radical (unpaired) electrons. The molecule has 0 aromatic rings. The molecule has 1 saturated heterocycles. The number of esters is 1. The predicted octanol–water partition coefficient (Wildman–Crippen LogP) is 2.42. The van der Waals surface area contributed by atoms with E-state index in [1.54, 1.807) is 72.9 Å². The molecular formula is C32H54N2O9. The van der Waals surface area contributed by atoms with Gasteiger partial charge in [-0.1, -0.05) is 78.5 Å². The Morgan fingerprint density at radius 3 is 2.21 bits per heavy atom. The molecule has 11 heteroatoms. The summed E-state index contributed by atoms with van der Waals surface area (Å²) in [5, 5.41) is 42.7. The second-order valence-corrected chi connectivity index (χ2v) is 12.4. The highest BCUT2D eigenvalue weighted by Gasteiger charge is 2.41. The maximum absolute atomic E-state index is 13.2. The van der Waals surface area contributed by atoms with Gasteiger partial charge in [0, 0.05) is 49.6 Å². The van der Waals surface area contributed by atoms with Crippen molar-refractivity contribution in [2.24, 2.45) is 47.2 Å². The van der Waals surface area contributed by atoms with Crippen molar-refractivity contribution in [1.82, 2.24) is 4.90 Å². The first-order valence-corrected chi connectivity index (χ1v) is 15.1. The summed E-state index contributed by atoms with van der Waals surface area (Å²) in [6.45, 7) is 15.9. The highest BCUT2D eigenvalue weighted by atomic mass is 16.6. The largest absolute Gasteiger partial charge is 0.462 e. The summed E-state index contributed by atoms with van der Waals surface area (Å²) >= 11 is 0. The van der Waals surface area contributed by atoms with Gasteiger partial charge in [-0.25, -0.2) is 4.79 Å². The fourth-order valence-electron chi connectivity index (χ4n) is 5.66. The molecule has 1 aliphatic rings. The number of allylic oxidation sites excluding steroid dienone is 2. The molecule has 1 heterocycles. The molecule has 0 aromatic heterocycles. The van der Waals surface area contributed by atoms with E-state index in [9.17, 15) is 34.8 Å². The van der Waals surface area contributed by atoms with Gasteiger partial charge in [0.15, 0.2) is 0 Å². The molecule has 0 spiro atoms. The van der Waals surface area contributed by atoms with Gasteiger partial charge in [-0.2, -0.15) is 0 Å². The van der Waals surface area contributed by atoms with Crippen molar-refractivity contribution in [3.05, 3.63) is 37.0 Å². The van der Waals surface area contributed by atoms with Crippen LogP contribution in [0.4, 0.5) is 4.79 Å². The van der Waals surface area contributed by atoms with Gasteiger partial charge in [-0.3, -0.25) is 9.59 Å². The van der Waals surface area contributed by atoms with E-state index in [-0.39, 0.29) is 42.5 Å². The van der Waals surface area contributed by atoms with Crippen LogP contribution < -0.4 is 5.73 Å². The molecule has 246 valence electrons. The van der Waals surface area contributed by atoms with Crippen molar-refractivity contribution in [3.8, 4) is 0 Å². The molecule has 11 nitrogen and oxygen atoms in total. The minimum Gasteiger partial charge on any atom is -0.462 e. The molecule has 6 N–H and O–H groups in total. The van der Waals surface area contributed by atoms with Crippen LogP contribution >= 0.6 is 0 Å². The molecule has 43 heavy (non-hydrogen) atoms. The number of hydrogen-bond donors (Lipinski definition) is 5. The average Bonchev–Trinajstić information content (AvgIpc) is 2.96. The third kappa shape index (κ3) is 11.0. The summed E-state index contributed by atoms with van der Waals surface area (Å²) in [5.74, 6) is -4.23. The summed E-state index contributed by atoms with van der Waals surface area (Å²) in [4.78, 5) is 38.2. The molecule has 2 amide bonds. The summed E-state index contributed by atoms with van der Waals surface area (Å²) in [5.41, 5.74) is 5.26. The van der Waals surface area contributed by atoms with Crippen LogP contribution in [-0.4, -0.2) is 93.5 Å². The zero-order valence-corrected chi connectivity index (χ0v) is 26.9. The smallest absolute Gasteiger partial charge is 0.404 e. The average molecular weight is 611 g/mol. The van der Waals surface area contributed by atoms with Crippen LogP contribution in [0.15, 0.2) is 37.0 Å². The molecule has 0 aliphatic carbocycles. The van der Waals surface area contributed by atoms with E-state index < -0.39 is 66.4 Å². The molecular weight excluding hydrogens is 556 g/mol. The second kappa shape index (κ2) is 17.5. The standard InChI is InChI=1S/C32H54N2O9/c1-10-11-12-18(3)29(43-32(33)41)21(6)28(38)22(7)30(39)34(9)16-19(4)26(36)17(2)13-14-24(35)15-25-20(5)27(37)23(8)31(40)42-25/h10-14,17-29,35-38H,1,15-16H2,2-9H3,(H2,33,41).